The number of rotatable bonds is 6. The molecule has 0 aliphatic heterocycles. The van der Waals surface area contributed by atoms with Gasteiger partial charge in [0.25, 0.3) is 0 Å². The largest absolute Gasteiger partial charge is 0.307 e. The molecular weight excluding hydrogens is 320 g/mol. The molecule has 0 saturated carbocycles. The quantitative estimate of drug-likeness (QED) is 0.877. The van der Waals surface area contributed by atoms with Crippen molar-refractivity contribution in [3.8, 4) is 0 Å². The van der Waals surface area contributed by atoms with E-state index in [1.165, 1.54) is 11.1 Å². The van der Waals surface area contributed by atoms with Gasteiger partial charge < -0.3 is 4.90 Å². The van der Waals surface area contributed by atoms with Gasteiger partial charge in [0, 0.05) is 6.54 Å². The van der Waals surface area contributed by atoms with Crippen LogP contribution in [0, 0.1) is 0 Å². The highest BCUT2D eigenvalue weighted by Gasteiger charge is 2.23. The molecule has 1 aliphatic rings. The minimum absolute atomic E-state index is 0.278. The minimum Gasteiger partial charge on any atom is -0.307 e. The second kappa shape index (κ2) is 7.05. The summed E-state index contributed by atoms with van der Waals surface area (Å²) in [5.74, 6) is 0. The summed E-state index contributed by atoms with van der Waals surface area (Å²) in [6, 6.07) is 15.0. The molecule has 0 unspecified atom stereocenters. The summed E-state index contributed by atoms with van der Waals surface area (Å²) in [5.41, 5.74) is 3.42. The van der Waals surface area contributed by atoms with Crippen molar-refractivity contribution < 1.29 is 8.42 Å². The molecule has 128 valence electrons. The van der Waals surface area contributed by atoms with Crippen LogP contribution in [0.1, 0.15) is 29.2 Å². The summed E-state index contributed by atoms with van der Waals surface area (Å²) in [5, 5.41) is 0. The summed E-state index contributed by atoms with van der Waals surface area (Å²) in [6.45, 7) is 0.605. The van der Waals surface area contributed by atoms with Gasteiger partial charge in [0.05, 0.1) is 10.9 Å². The molecule has 2 aromatic carbocycles. The lowest BCUT2D eigenvalue weighted by Gasteiger charge is -2.23. The van der Waals surface area contributed by atoms with Crippen molar-refractivity contribution in [2.45, 2.75) is 30.2 Å². The van der Waals surface area contributed by atoms with Crippen LogP contribution in [0.2, 0.25) is 0 Å². The van der Waals surface area contributed by atoms with Crippen LogP contribution in [0.5, 0.6) is 0 Å². The topological polar surface area (TPSA) is 49.4 Å². The number of benzene rings is 2. The Bertz CT molecular complexity index is 801. The molecule has 1 atom stereocenters. The fourth-order valence-electron chi connectivity index (χ4n) is 3.23. The van der Waals surface area contributed by atoms with Crippen LogP contribution >= 0.6 is 0 Å². The minimum atomic E-state index is -3.55. The molecule has 0 bridgehead atoms. The van der Waals surface area contributed by atoms with E-state index in [4.69, 9.17) is 0 Å². The first kappa shape index (κ1) is 17.1. The monoisotopic (exact) mass is 344 g/mol. The van der Waals surface area contributed by atoms with Crippen molar-refractivity contribution >= 4 is 10.0 Å². The maximum Gasteiger partial charge on any atom is 0.241 e. The Morgan fingerprint density at radius 1 is 1.04 bits per heavy atom. The maximum atomic E-state index is 12.9. The molecule has 1 N–H and O–H groups in total. The predicted octanol–water partition coefficient (Wildman–Crippen LogP) is 2.76. The molecule has 0 radical (unpaired) electrons. The molecule has 24 heavy (non-hydrogen) atoms. The summed E-state index contributed by atoms with van der Waals surface area (Å²) in [7, 11) is 0.337. The molecular formula is C19H24N2O2S. The second-order valence-electron chi connectivity index (χ2n) is 6.63. The zero-order valence-corrected chi connectivity index (χ0v) is 15.0. The van der Waals surface area contributed by atoms with Crippen LogP contribution in [0.4, 0.5) is 0 Å². The average Bonchev–Trinajstić information content (AvgIpc) is 3.02. The van der Waals surface area contributed by atoms with Crippen molar-refractivity contribution in [1.82, 2.24) is 9.62 Å². The SMILES string of the molecule is CN(C)C[C@@H](NS(=O)(=O)c1ccc2c(c1)CCC2)c1ccccc1. The van der Waals surface area contributed by atoms with Crippen molar-refractivity contribution in [3.05, 3.63) is 65.2 Å². The molecule has 2 aromatic rings. The Morgan fingerprint density at radius 3 is 2.46 bits per heavy atom. The molecule has 3 rings (SSSR count). The smallest absolute Gasteiger partial charge is 0.241 e. The summed E-state index contributed by atoms with van der Waals surface area (Å²) in [6.07, 6.45) is 3.13. The van der Waals surface area contributed by atoms with Crippen molar-refractivity contribution in [2.75, 3.05) is 20.6 Å². The molecule has 0 heterocycles. The van der Waals surface area contributed by atoms with Gasteiger partial charge in [-0.2, -0.15) is 0 Å². The number of nitrogens with one attached hydrogen (secondary N) is 1. The maximum absolute atomic E-state index is 12.9. The van der Waals surface area contributed by atoms with Crippen LogP contribution in [0.3, 0.4) is 0 Å². The number of sulfonamides is 1. The summed E-state index contributed by atoms with van der Waals surface area (Å²) >= 11 is 0. The zero-order chi connectivity index (χ0) is 17.2. The number of nitrogens with zero attached hydrogens (tertiary/aromatic N) is 1. The van der Waals surface area contributed by atoms with Crippen LogP contribution < -0.4 is 4.72 Å². The lowest BCUT2D eigenvalue weighted by atomic mass is 10.1. The summed E-state index contributed by atoms with van der Waals surface area (Å²) in [4.78, 5) is 2.35. The number of hydrogen-bond donors (Lipinski definition) is 1. The molecule has 4 nitrogen and oxygen atoms in total. The molecule has 0 spiro atoms. The highest BCUT2D eigenvalue weighted by molar-refractivity contribution is 7.89. The van der Waals surface area contributed by atoms with Gasteiger partial charge in [-0.25, -0.2) is 13.1 Å². The van der Waals surface area contributed by atoms with E-state index >= 15 is 0 Å². The van der Waals surface area contributed by atoms with Gasteiger partial charge in [0.1, 0.15) is 0 Å². The van der Waals surface area contributed by atoms with Crippen molar-refractivity contribution in [3.63, 3.8) is 0 Å². The molecule has 0 aromatic heterocycles. The van der Waals surface area contributed by atoms with E-state index in [1.807, 2.05) is 61.5 Å². The van der Waals surface area contributed by atoms with E-state index in [0.717, 1.165) is 24.8 Å². The molecule has 5 heteroatoms. The Hall–Kier alpha value is -1.69. The van der Waals surface area contributed by atoms with Crippen molar-refractivity contribution in [1.29, 1.82) is 0 Å². The lowest BCUT2D eigenvalue weighted by Crippen LogP contribution is -2.35. The van der Waals surface area contributed by atoms with Crippen LogP contribution in [-0.2, 0) is 22.9 Å². The average molecular weight is 344 g/mol. The van der Waals surface area contributed by atoms with Crippen molar-refractivity contribution in [2.24, 2.45) is 0 Å². The Balaban J connectivity index is 1.88. The molecule has 0 fully saturated rings. The lowest BCUT2D eigenvalue weighted by molar-refractivity contribution is 0.363. The van der Waals surface area contributed by atoms with E-state index in [-0.39, 0.29) is 6.04 Å². The third kappa shape index (κ3) is 3.86. The van der Waals surface area contributed by atoms with E-state index in [1.54, 1.807) is 6.07 Å². The van der Waals surface area contributed by atoms with Gasteiger partial charge in [-0.1, -0.05) is 36.4 Å². The van der Waals surface area contributed by atoms with E-state index in [0.29, 0.717) is 11.4 Å². The van der Waals surface area contributed by atoms with Gasteiger partial charge in [-0.3, -0.25) is 0 Å². The van der Waals surface area contributed by atoms with Crippen LogP contribution in [-0.4, -0.2) is 34.0 Å². The molecule has 0 saturated heterocycles. The number of aryl methyl sites for hydroxylation is 2. The number of fused-ring (bicyclic) bond motifs is 1. The standard InChI is InChI=1S/C19H24N2O2S/c1-21(2)14-19(16-7-4-3-5-8-16)20-24(22,23)18-12-11-15-9-6-10-17(15)13-18/h3-5,7-8,11-13,19-20H,6,9-10,14H2,1-2H3/t19-/m1/s1. The Kier molecular flexibility index (Phi) is 5.04. The second-order valence-corrected chi connectivity index (χ2v) is 8.34. The number of likely N-dealkylation sites (N-methyl/N-ethyl adjacent to an activating group) is 1. The van der Waals surface area contributed by atoms with Gasteiger partial charge >= 0.3 is 0 Å². The van der Waals surface area contributed by atoms with Gasteiger partial charge in [-0.05, 0) is 62.2 Å². The molecule has 0 amide bonds. The number of hydrogen-bond acceptors (Lipinski definition) is 3. The molecule has 1 aliphatic carbocycles. The fraction of sp³-hybridized carbons (Fsp3) is 0.368. The highest BCUT2D eigenvalue weighted by Crippen LogP contribution is 2.25. The fourth-order valence-corrected chi connectivity index (χ4v) is 4.50. The first-order valence-electron chi connectivity index (χ1n) is 8.29. The third-order valence-electron chi connectivity index (χ3n) is 4.43. The van der Waals surface area contributed by atoms with E-state index in [2.05, 4.69) is 4.72 Å². The highest BCUT2D eigenvalue weighted by atomic mass is 32.2. The zero-order valence-electron chi connectivity index (χ0n) is 14.2. The van der Waals surface area contributed by atoms with E-state index in [9.17, 15) is 8.42 Å². The Labute approximate surface area is 144 Å². The van der Waals surface area contributed by atoms with E-state index < -0.39 is 10.0 Å². The van der Waals surface area contributed by atoms with Crippen LogP contribution in [0.25, 0.3) is 0 Å². The van der Waals surface area contributed by atoms with Gasteiger partial charge in [0.2, 0.25) is 10.0 Å². The summed E-state index contributed by atoms with van der Waals surface area (Å²) < 4.78 is 28.6. The predicted molar refractivity (Wildman–Crippen MR) is 96.5 cm³/mol. The normalized spacial score (nSPS) is 15.5. The Morgan fingerprint density at radius 2 is 1.75 bits per heavy atom. The van der Waals surface area contributed by atoms with Gasteiger partial charge in [-0.15, -0.1) is 0 Å². The third-order valence-corrected chi connectivity index (χ3v) is 5.90. The first-order chi connectivity index (χ1) is 11.5. The van der Waals surface area contributed by atoms with Crippen LogP contribution in [0.15, 0.2) is 53.4 Å². The van der Waals surface area contributed by atoms with Gasteiger partial charge in [0.15, 0.2) is 0 Å². The first-order valence-corrected chi connectivity index (χ1v) is 9.78.